The van der Waals surface area contributed by atoms with E-state index in [1.807, 2.05) is 50.5 Å². The normalized spacial score (nSPS) is 10.5. The van der Waals surface area contributed by atoms with E-state index in [9.17, 15) is 0 Å². The topological polar surface area (TPSA) is 62.8 Å². The lowest BCUT2D eigenvalue weighted by Gasteiger charge is -2.08. The maximum absolute atomic E-state index is 5.48. The first-order chi connectivity index (χ1) is 10.7. The molecule has 0 unspecified atom stereocenters. The van der Waals surface area contributed by atoms with Gasteiger partial charge in [-0.05, 0) is 31.2 Å². The van der Waals surface area contributed by atoms with Gasteiger partial charge in [0.25, 0.3) is 0 Å². The highest BCUT2D eigenvalue weighted by atomic mass is 16.5. The predicted octanol–water partition coefficient (Wildman–Crippen LogP) is 3.50. The maximum Gasteiger partial charge on any atom is 0.142 e. The number of aromatic amines is 1. The highest BCUT2D eigenvalue weighted by molar-refractivity contribution is 5.72. The Labute approximate surface area is 129 Å². The number of nitrogens with zero attached hydrogens (tertiary/aromatic N) is 2. The van der Waals surface area contributed by atoms with Gasteiger partial charge < -0.3 is 15.0 Å². The zero-order valence-corrected chi connectivity index (χ0v) is 12.8. The smallest absolute Gasteiger partial charge is 0.142 e. The Balaban J connectivity index is 2.07. The van der Waals surface area contributed by atoms with Gasteiger partial charge in [0.2, 0.25) is 0 Å². The van der Waals surface area contributed by atoms with Gasteiger partial charge in [-0.25, -0.2) is 4.98 Å². The number of ether oxygens (including phenoxy) is 1. The number of methoxy groups -OCH3 is 1. The summed E-state index contributed by atoms with van der Waals surface area (Å²) < 4.78 is 5.48. The second-order valence-corrected chi connectivity index (χ2v) is 4.97. The van der Waals surface area contributed by atoms with Crippen molar-refractivity contribution in [1.82, 2.24) is 15.0 Å². The first kappa shape index (κ1) is 14.1. The molecule has 3 aromatic rings. The second kappa shape index (κ2) is 5.89. The van der Waals surface area contributed by atoms with Crippen molar-refractivity contribution >= 4 is 5.69 Å². The number of pyridine rings is 1. The number of rotatable bonds is 4. The minimum absolute atomic E-state index is 0.776. The van der Waals surface area contributed by atoms with Crippen LogP contribution in [-0.4, -0.2) is 29.1 Å². The Morgan fingerprint density at radius 1 is 1.23 bits per heavy atom. The van der Waals surface area contributed by atoms with E-state index in [0.29, 0.717) is 0 Å². The first-order valence-electron chi connectivity index (χ1n) is 7.06. The second-order valence-electron chi connectivity index (χ2n) is 4.97. The van der Waals surface area contributed by atoms with Crippen LogP contribution in [-0.2, 0) is 0 Å². The molecule has 0 atom stereocenters. The number of H-pyrrole nitrogens is 1. The summed E-state index contributed by atoms with van der Waals surface area (Å²) in [5.41, 5.74) is 4.83. The summed E-state index contributed by atoms with van der Waals surface area (Å²) in [6, 6.07) is 9.86. The van der Waals surface area contributed by atoms with Crippen LogP contribution in [0.1, 0.15) is 5.69 Å². The maximum atomic E-state index is 5.48. The van der Waals surface area contributed by atoms with Crippen molar-refractivity contribution in [3.63, 3.8) is 0 Å². The summed E-state index contributed by atoms with van der Waals surface area (Å²) in [4.78, 5) is 12.2. The SMILES string of the molecule is CNc1ccc(-c2nc(-c3cccnc3)c(C)[nH]2)c(OC)c1. The van der Waals surface area contributed by atoms with E-state index in [1.165, 1.54) is 0 Å². The molecule has 0 radical (unpaired) electrons. The van der Waals surface area contributed by atoms with Gasteiger partial charge in [0.15, 0.2) is 0 Å². The lowest BCUT2D eigenvalue weighted by Crippen LogP contribution is -1.93. The lowest BCUT2D eigenvalue weighted by molar-refractivity contribution is 0.416. The van der Waals surface area contributed by atoms with Gasteiger partial charge in [-0.15, -0.1) is 0 Å². The van der Waals surface area contributed by atoms with Crippen LogP contribution >= 0.6 is 0 Å². The van der Waals surface area contributed by atoms with Gasteiger partial charge in [0.1, 0.15) is 11.6 Å². The number of aryl methyl sites for hydroxylation is 1. The molecule has 3 rings (SSSR count). The van der Waals surface area contributed by atoms with Crippen LogP contribution in [0.25, 0.3) is 22.6 Å². The summed E-state index contributed by atoms with van der Waals surface area (Å²) in [7, 11) is 3.54. The molecule has 1 aromatic carbocycles. The van der Waals surface area contributed by atoms with Crippen molar-refractivity contribution in [2.75, 3.05) is 19.5 Å². The van der Waals surface area contributed by atoms with Gasteiger partial charge in [0.05, 0.1) is 18.4 Å². The van der Waals surface area contributed by atoms with E-state index in [2.05, 4.69) is 15.3 Å². The summed E-state index contributed by atoms with van der Waals surface area (Å²) in [6.45, 7) is 2.01. The minimum atomic E-state index is 0.776. The minimum Gasteiger partial charge on any atom is -0.496 e. The number of imidazole rings is 1. The third-order valence-electron chi connectivity index (χ3n) is 3.57. The van der Waals surface area contributed by atoms with Crippen molar-refractivity contribution in [2.45, 2.75) is 6.92 Å². The lowest BCUT2D eigenvalue weighted by atomic mass is 10.1. The molecule has 0 fully saturated rings. The van der Waals surface area contributed by atoms with Gasteiger partial charge >= 0.3 is 0 Å². The van der Waals surface area contributed by atoms with Crippen molar-refractivity contribution < 1.29 is 4.74 Å². The molecule has 0 amide bonds. The Morgan fingerprint density at radius 3 is 2.77 bits per heavy atom. The molecule has 0 bridgehead atoms. The molecular formula is C17H18N4O. The molecule has 2 N–H and O–H groups in total. The molecule has 2 aromatic heterocycles. The van der Waals surface area contributed by atoms with Gasteiger partial charge in [0, 0.05) is 42.5 Å². The van der Waals surface area contributed by atoms with Crippen molar-refractivity contribution in [1.29, 1.82) is 0 Å². The summed E-state index contributed by atoms with van der Waals surface area (Å²) in [6.07, 6.45) is 3.57. The largest absolute Gasteiger partial charge is 0.496 e. The fourth-order valence-corrected chi connectivity index (χ4v) is 2.41. The van der Waals surface area contributed by atoms with Gasteiger partial charge in [-0.3, -0.25) is 4.98 Å². The standard InChI is InChI=1S/C17H18N4O/c1-11-16(12-5-4-8-19-10-12)21-17(20-11)14-7-6-13(18-2)9-15(14)22-3/h4-10,18H,1-3H3,(H,20,21). The Hall–Kier alpha value is -2.82. The average molecular weight is 294 g/mol. The van der Waals surface area contributed by atoms with E-state index >= 15 is 0 Å². The van der Waals surface area contributed by atoms with Crippen LogP contribution in [0.5, 0.6) is 5.75 Å². The number of aromatic nitrogens is 3. The molecule has 5 heteroatoms. The number of hydrogen-bond acceptors (Lipinski definition) is 4. The molecule has 0 saturated heterocycles. The van der Waals surface area contributed by atoms with Crippen LogP contribution in [0.4, 0.5) is 5.69 Å². The molecule has 0 aliphatic rings. The molecule has 5 nitrogen and oxygen atoms in total. The van der Waals surface area contributed by atoms with E-state index in [1.54, 1.807) is 13.3 Å². The third kappa shape index (κ3) is 2.53. The third-order valence-corrected chi connectivity index (χ3v) is 3.57. The summed E-state index contributed by atoms with van der Waals surface area (Å²) in [5, 5.41) is 3.10. The van der Waals surface area contributed by atoms with Gasteiger partial charge in [-0.1, -0.05) is 0 Å². The monoisotopic (exact) mass is 294 g/mol. The van der Waals surface area contributed by atoms with Crippen molar-refractivity contribution in [3.05, 3.63) is 48.4 Å². The number of hydrogen-bond donors (Lipinski definition) is 2. The fourth-order valence-electron chi connectivity index (χ4n) is 2.41. The van der Waals surface area contributed by atoms with Crippen molar-refractivity contribution in [2.24, 2.45) is 0 Å². The van der Waals surface area contributed by atoms with E-state index in [0.717, 1.165) is 39.8 Å². The van der Waals surface area contributed by atoms with Gasteiger partial charge in [-0.2, -0.15) is 0 Å². The fraction of sp³-hybridized carbons (Fsp3) is 0.176. The summed E-state index contributed by atoms with van der Waals surface area (Å²) in [5.74, 6) is 1.56. The van der Waals surface area contributed by atoms with E-state index in [-0.39, 0.29) is 0 Å². The Morgan fingerprint density at radius 2 is 2.09 bits per heavy atom. The van der Waals surface area contributed by atoms with Crippen LogP contribution in [0.3, 0.4) is 0 Å². The summed E-state index contributed by atoms with van der Waals surface area (Å²) >= 11 is 0. The van der Waals surface area contributed by atoms with Crippen LogP contribution in [0.15, 0.2) is 42.7 Å². The molecule has 0 aliphatic carbocycles. The molecular weight excluding hydrogens is 276 g/mol. The molecule has 0 aliphatic heterocycles. The number of benzene rings is 1. The molecule has 112 valence electrons. The van der Waals surface area contributed by atoms with E-state index < -0.39 is 0 Å². The molecule has 22 heavy (non-hydrogen) atoms. The zero-order valence-electron chi connectivity index (χ0n) is 12.8. The van der Waals surface area contributed by atoms with Crippen LogP contribution < -0.4 is 10.1 Å². The Bertz CT molecular complexity index is 781. The highest BCUT2D eigenvalue weighted by Gasteiger charge is 2.14. The Kier molecular flexibility index (Phi) is 3.78. The van der Waals surface area contributed by atoms with E-state index in [4.69, 9.17) is 9.72 Å². The van der Waals surface area contributed by atoms with Crippen LogP contribution in [0, 0.1) is 6.92 Å². The molecule has 2 heterocycles. The first-order valence-corrected chi connectivity index (χ1v) is 7.06. The predicted molar refractivity (Wildman–Crippen MR) is 88.1 cm³/mol. The quantitative estimate of drug-likeness (QED) is 0.773. The van der Waals surface area contributed by atoms with Crippen LogP contribution in [0.2, 0.25) is 0 Å². The zero-order chi connectivity index (χ0) is 15.5. The van der Waals surface area contributed by atoms with Crippen molar-refractivity contribution in [3.8, 4) is 28.4 Å². The molecule has 0 spiro atoms. The molecule has 0 saturated carbocycles. The number of anilines is 1. The average Bonchev–Trinajstić information content (AvgIpc) is 2.96. The highest BCUT2D eigenvalue weighted by Crippen LogP contribution is 2.33. The number of nitrogens with one attached hydrogen (secondary N) is 2.